The van der Waals surface area contributed by atoms with E-state index in [0.717, 1.165) is 74.9 Å². The van der Waals surface area contributed by atoms with Gasteiger partial charge in [0.25, 0.3) is 0 Å². The van der Waals surface area contributed by atoms with Gasteiger partial charge in [-0.25, -0.2) is 4.98 Å². The molecule has 2 aromatic carbocycles. The lowest BCUT2D eigenvalue weighted by molar-refractivity contribution is -0.0168. The Kier molecular flexibility index (Phi) is 9.47. The molecular formula is C30H41N3O4. The number of likely N-dealkylation sites (tertiary alicyclic amines) is 1. The van der Waals surface area contributed by atoms with E-state index < -0.39 is 5.60 Å². The van der Waals surface area contributed by atoms with Gasteiger partial charge in [0.05, 0.1) is 19.3 Å². The molecule has 1 aliphatic rings. The van der Waals surface area contributed by atoms with Crippen molar-refractivity contribution in [3.8, 4) is 17.2 Å². The number of hydrogen-bond donors (Lipinski definition) is 1. The molecule has 0 bridgehead atoms. The molecule has 37 heavy (non-hydrogen) atoms. The molecular weight excluding hydrogens is 466 g/mol. The van der Waals surface area contributed by atoms with Gasteiger partial charge >= 0.3 is 0 Å². The number of aliphatic hydroxyl groups is 1. The minimum atomic E-state index is -0.805. The van der Waals surface area contributed by atoms with E-state index in [-0.39, 0.29) is 0 Å². The molecule has 0 aliphatic carbocycles. The van der Waals surface area contributed by atoms with Crippen molar-refractivity contribution in [1.82, 2.24) is 14.5 Å². The highest BCUT2D eigenvalue weighted by atomic mass is 16.5. The fourth-order valence-corrected chi connectivity index (χ4v) is 4.85. The van der Waals surface area contributed by atoms with Gasteiger partial charge in [0.15, 0.2) is 11.5 Å². The van der Waals surface area contributed by atoms with E-state index in [0.29, 0.717) is 19.6 Å². The van der Waals surface area contributed by atoms with Crippen molar-refractivity contribution in [3.63, 3.8) is 0 Å². The molecule has 0 saturated carbocycles. The maximum absolute atomic E-state index is 11.2. The van der Waals surface area contributed by atoms with Crippen molar-refractivity contribution in [2.24, 2.45) is 0 Å². The number of nitrogens with zero attached hydrogens (tertiary/aromatic N) is 3. The molecule has 0 radical (unpaired) electrons. The zero-order valence-electron chi connectivity index (χ0n) is 22.5. The van der Waals surface area contributed by atoms with Crippen molar-refractivity contribution < 1.29 is 19.3 Å². The van der Waals surface area contributed by atoms with E-state index in [1.807, 2.05) is 42.7 Å². The lowest BCUT2D eigenvalue weighted by atomic mass is 9.96. The van der Waals surface area contributed by atoms with Gasteiger partial charge in [-0.05, 0) is 69.0 Å². The minimum absolute atomic E-state index is 0.323. The van der Waals surface area contributed by atoms with E-state index in [1.165, 1.54) is 11.1 Å². The minimum Gasteiger partial charge on any atom is -0.493 e. The highest BCUT2D eigenvalue weighted by Crippen LogP contribution is 2.30. The summed E-state index contributed by atoms with van der Waals surface area (Å²) in [6.07, 6.45) is 8.06. The van der Waals surface area contributed by atoms with Gasteiger partial charge < -0.3 is 23.9 Å². The first-order valence-electron chi connectivity index (χ1n) is 13.4. The first kappa shape index (κ1) is 27.0. The van der Waals surface area contributed by atoms with Gasteiger partial charge in [-0.3, -0.25) is 4.90 Å². The second-order valence-corrected chi connectivity index (χ2v) is 10.0. The Labute approximate surface area is 221 Å². The summed E-state index contributed by atoms with van der Waals surface area (Å²) in [4.78, 5) is 6.79. The fourth-order valence-electron chi connectivity index (χ4n) is 4.85. The van der Waals surface area contributed by atoms with E-state index >= 15 is 0 Å². The van der Waals surface area contributed by atoms with Crippen LogP contribution in [0.5, 0.6) is 17.2 Å². The van der Waals surface area contributed by atoms with Crippen molar-refractivity contribution >= 4 is 0 Å². The summed E-state index contributed by atoms with van der Waals surface area (Å²) in [5.41, 5.74) is 1.57. The number of rotatable bonds is 12. The summed E-state index contributed by atoms with van der Waals surface area (Å²) in [5.74, 6) is 3.44. The predicted molar refractivity (Wildman–Crippen MR) is 145 cm³/mol. The van der Waals surface area contributed by atoms with Crippen molar-refractivity contribution in [1.29, 1.82) is 0 Å². The summed E-state index contributed by atoms with van der Waals surface area (Å²) >= 11 is 0. The molecule has 0 unspecified atom stereocenters. The first-order valence-corrected chi connectivity index (χ1v) is 13.4. The van der Waals surface area contributed by atoms with E-state index in [2.05, 4.69) is 40.4 Å². The molecule has 2 heterocycles. The average molecular weight is 508 g/mol. The number of methoxy groups -OCH3 is 1. The Hall–Kier alpha value is -3.03. The monoisotopic (exact) mass is 507 g/mol. The number of ether oxygens (including phenoxy) is 3. The summed E-state index contributed by atoms with van der Waals surface area (Å²) in [7, 11) is 1.68. The van der Waals surface area contributed by atoms with Gasteiger partial charge in [0.1, 0.15) is 18.2 Å². The lowest BCUT2D eigenvalue weighted by Gasteiger charge is -2.27. The number of imidazole rings is 1. The van der Waals surface area contributed by atoms with Crippen LogP contribution in [0.25, 0.3) is 0 Å². The molecule has 1 atom stereocenters. The van der Waals surface area contributed by atoms with Gasteiger partial charge in [-0.15, -0.1) is 0 Å². The SMILES string of the molecule is CCc1nccn1CCCOc1cc(CN2CCC[C@@](O)(COc3ccc(C)cc3)CC2)ccc1OC. The van der Waals surface area contributed by atoms with Crippen LogP contribution in [0.2, 0.25) is 0 Å². The molecule has 1 aromatic heterocycles. The Morgan fingerprint density at radius 2 is 1.86 bits per heavy atom. The standard InChI is InChI=1S/C30H41N3O4/c1-4-29-31-15-19-33(29)17-6-20-36-28-21-25(9-12-27(28)35-3)22-32-16-5-13-30(34,14-18-32)23-37-26-10-7-24(2)8-11-26/h7-12,15,19,21,34H,4-6,13-14,16-18,20,22-23H2,1-3H3/t30-/m0/s1. The molecule has 7 heteroatoms. The third-order valence-corrected chi connectivity index (χ3v) is 7.09. The van der Waals surface area contributed by atoms with Gasteiger partial charge in [-0.1, -0.05) is 30.7 Å². The molecule has 1 fully saturated rings. The first-order chi connectivity index (χ1) is 18.0. The van der Waals surface area contributed by atoms with Crippen LogP contribution in [-0.4, -0.2) is 58.6 Å². The average Bonchev–Trinajstić information content (AvgIpc) is 3.29. The van der Waals surface area contributed by atoms with Crippen LogP contribution in [-0.2, 0) is 19.5 Å². The number of aryl methyl sites for hydroxylation is 3. The Balaban J connectivity index is 1.28. The summed E-state index contributed by atoms with van der Waals surface area (Å²) < 4.78 is 19.8. The molecule has 1 N–H and O–H groups in total. The molecule has 4 rings (SSSR count). The third-order valence-electron chi connectivity index (χ3n) is 7.09. The molecule has 1 aliphatic heterocycles. The van der Waals surface area contributed by atoms with Crippen LogP contribution in [0.1, 0.15) is 49.6 Å². The van der Waals surface area contributed by atoms with Crippen LogP contribution in [0.4, 0.5) is 0 Å². The maximum atomic E-state index is 11.2. The van der Waals surface area contributed by atoms with Gasteiger partial charge in [0, 0.05) is 38.4 Å². The van der Waals surface area contributed by atoms with Crippen molar-refractivity contribution in [2.75, 3.05) is 33.4 Å². The Morgan fingerprint density at radius 1 is 1.03 bits per heavy atom. The van der Waals surface area contributed by atoms with Crippen LogP contribution < -0.4 is 14.2 Å². The fraction of sp³-hybridized carbons (Fsp3) is 0.500. The second-order valence-electron chi connectivity index (χ2n) is 10.0. The smallest absolute Gasteiger partial charge is 0.161 e. The van der Waals surface area contributed by atoms with E-state index in [9.17, 15) is 5.11 Å². The maximum Gasteiger partial charge on any atom is 0.161 e. The zero-order valence-corrected chi connectivity index (χ0v) is 22.5. The number of hydrogen-bond acceptors (Lipinski definition) is 6. The molecule has 1 saturated heterocycles. The van der Waals surface area contributed by atoms with Crippen LogP contribution in [0.3, 0.4) is 0 Å². The van der Waals surface area contributed by atoms with E-state index in [4.69, 9.17) is 14.2 Å². The quantitative estimate of drug-likeness (QED) is 0.347. The summed E-state index contributed by atoms with van der Waals surface area (Å²) in [6.45, 7) is 8.57. The molecule has 0 spiro atoms. The number of benzene rings is 2. The Morgan fingerprint density at radius 3 is 2.65 bits per heavy atom. The molecule has 3 aromatic rings. The Bertz CT molecular complexity index is 1110. The van der Waals surface area contributed by atoms with Crippen molar-refractivity contribution in [2.45, 2.75) is 64.6 Å². The predicted octanol–water partition coefficient (Wildman–Crippen LogP) is 5.03. The zero-order chi connectivity index (χ0) is 26.1. The largest absolute Gasteiger partial charge is 0.493 e. The topological polar surface area (TPSA) is 69.0 Å². The number of aromatic nitrogens is 2. The highest BCUT2D eigenvalue weighted by molar-refractivity contribution is 5.43. The molecule has 7 nitrogen and oxygen atoms in total. The second kappa shape index (κ2) is 13.0. The van der Waals surface area contributed by atoms with Crippen LogP contribution >= 0.6 is 0 Å². The molecule has 200 valence electrons. The molecule has 0 amide bonds. The highest BCUT2D eigenvalue weighted by Gasteiger charge is 2.31. The van der Waals surface area contributed by atoms with Crippen LogP contribution in [0, 0.1) is 6.92 Å². The van der Waals surface area contributed by atoms with E-state index in [1.54, 1.807) is 7.11 Å². The lowest BCUT2D eigenvalue weighted by Crippen LogP contribution is -2.37. The van der Waals surface area contributed by atoms with Crippen molar-refractivity contribution in [3.05, 3.63) is 71.8 Å². The van der Waals surface area contributed by atoms with Gasteiger partial charge in [0.2, 0.25) is 0 Å². The van der Waals surface area contributed by atoms with Gasteiger partial charge in [-0.2, -0.15) is 0 Å². The third kappa shape index (κ3) is 7.73. The normalized spacial score (nSPS) is 18.4. The van der Waals surface area contributed by atoms with Crippen LogP contribution in [0.15, 0.2) is 54.9 Å². The summed E-state index contributed by atoms with van der Waals surface area (Å²) in [5, 5.41) is 11.2. The summed E-state index contributed by atoms with van der Waals surface area (Å²) in [6, 6.07) is 14.2.